The van der Waals surface area contributed by atoms with Gasteiger partial charge in [0, 0.05) is 69.5 Å². The first-order chi connectivity index (χ1) is 25.3. The van der Waals surface area contributed by atoms with Gasteiger partial charge in [-0.05, 0) is 38.0 Å². The van der Waals surface area contributed by atoms with E-state index in [9.17, 15) is 43.8 Å². The molecule has 1 aromatic rings. The molecule has 1 saturated heterocycles. The van der Waals surface area contributed by atoms with Gasteiger partial charge in [-0.3, -0.25) is 33.7 Å². The zero-order valence-electron chi connectivity index (χ0n) is 31.6. The van der Waals surface area contributed by atoms with Crippen molar-refractivity contribution in [3.63, 3.8) is 0 Å². The van der Waals surface area contributed by atoms with E-state index in [1.807, 2.05) is 0 Å². The first kappa shape index (κ1) is 43.5. The summed E-state index contributed by atoms with van der Waals surface area (Å²) in [6.45, 7) is 10.6. The number of aliphatic carboxylic acids is 1. The summed E-state index contributed by atoms with van der Waals surface area (Å²) in [6, 6.07) is 4.66. The minimum Gasteiger partial charge on any atom is -0.479 e. The molecule has 54 heavy (non-hydrogen) atoms. The van der Waals surface area contributed by atoms with Crippen molar-refractivity contribution in [2.24, 2.45) is 11.3 Å². The zero-order valence-corrected chi connectivity index (χ0v) is 31.6. The van der Waals surface area contributed by atoms with Crippen LogP contribution in [0.25, 0.3) is 0 Å². The molecule has 17 nitrogen and oxygen atoms in total. The average molecular weight is 761 g/mol. The summed E-state index contributed by atoms with van der Waals surface area (Å²) in [4.78, 5) is 86.2. The number of anilines is 1. The van der Waals surface area contributed by atoms with Gasteiger partial charge in [0.05, 0.1) is 23.3 Å². The molecule has 0 saturated carbocycles. The second-order valence-corrected chi connectivity index (χ2v) is 14.7. The third-order valence-corrected chi connectivity index (χ3v) is 8.62. The number of carbonyl (C=O) groups excluding carboxylic acids is 6. The van der Waals surface area contributed by atoms with E-state index in [0.29, 0.717) is 12.0 Å². The van der Waals surface area contributed by atoms with E-state index in [-0.39, 0.29) is 87.7 Å². The Hall–Kier alpha value is -4.87. The fourth-order valence-corrected chi connectivity index (χ4v) is 5.18. The van der Waals surface area contributed by atoms with Gasteiger partial charge in [-0.15, -0.1) is 0 Å². The molecule has 0 spiro atoms. The van der Waals surface area contributed by atoms with Crippen molar-refractivity contribution in [3.8, 4) is 5.75 Å². The number of imide groups is 1. The summed E-state index contributed by atoms with van der Waals surface area (Å²) in [5.41, 5.74) is -0.934. The SMILES string of the molecule is CC(C)C(=O)OCc1ccc(OC2C[C@@H](O)CC(C(=O)O)O2)c(NC(=O)CCNC(=O)C(C)(C)CCOC(C)(C)CNC(=O)CCN2C(=O)C=CC2=O)c1. The predicted octanol–water partition coefficient (Wildman–Crippen LogP) is 1.80. The smallest absolute Gasteiger partial charge is 0.333 e. The molecule has 5 amide bonds. The Balaban J connectivity index is 1.49. The molecule has 17 heteroatoms. The molecule has 5 N–H and O–H groups in total. The third-order valence-electron chi connectivity index (χ3n) is 8.62. The number of hydrogen-bond donors (Lipinski definition) is 5. The van der Waals surface area contributed by atoms with Crippen LogP contribution in [0.2, 0.25) is 0 Å². The normalized spacial score (nSPS) is 18.7. The van der Waals surface area contributed by atoms with Crippen LogP contribution < -0.4 is 20.7 Å². The van der Waals surface area contributed by atoms with Gasteiger partial charge >= 0.3 is 11.9 Å². The topological polar surface area (TPSA) is 236 Å². The van der Waals surface area contributed by atoms with Crippen LogP contribution in [0.15, 0.2) is 30.4 Å². The van der Waals surface area contributed by atoms with Crippen LogP contribution in [0.4, 0.5) is 5.69 Å². The molecule has 0 aromatic heterocycles. The molecule has 3 rings (SSSR count). The van der Waals surface area contributed by atoms with Crippen LogP contribution in [0.3, 0.4) is 0 Å². The Morgan fingerprint density at radius 2 is 1.67 bits per heavy atom. The van der Waals surface area contributed by atoms with Gasteiger partial charge in [0.15, 0.2) is 6.10 Å². The summed E-state index contributed by atoms with van der Waals surface area (Å²) in [6.07, 6.45) is -0.997. The number of carboxylic acid groups (broad SMARTS) is 1. The summed E-state index contributed by atoms with van der Waals surface area (Å²) >= 11 is 0. The standard InChI is InChI=1S/C37H52N4O13/c1-22(2)34(49)51-20-23-7-8-26(53-32-19-24(42)18-27(54-32)33(47)48)25(17-23)40-29(44)11-14-38-35(50)36(3,4)13-16-52-37(5,6)21-39-28(43)12-15-41-30(45)9-10-31(41)46/h7-10,17,22,24,27,32,42H,11-16,18-21H2,1-6H3,(H,38,50)(H,39,43)(H,40,44)(H,47,48)/t24-,27?,32?/m0/s1. The number of hydrogen-bond acceptors (Lipinski definition) is 12. The number of amides is 5. The number of ether oxygens (including phenoxy) is 4. The predicted molar refractivity (Wildman–Crippen MR) is 191 cm³/mol. The fraction of sp³-hybridized carbons (Fsp3) is 0.595. The maximum Gasteiger partial charge on any atom is 0.333 e. The van der Waals surface area contributed by atoms with Crippen molar-refractivity contribution < 1.29 is 62.7 Å². The minimum absolute atomic E-state index is 0.00271. The molecule has 2 unspecified atom stereocenters. The Labute approximate surface area is 314 Å². The van der Waals surface area contributed by atoms with E-state index in [1.165, 1.54) is 6.07 Å². The Bertz CT molecular complexity index is 1570. The van der Waals surface area contributed by atoms with Gasteiger partial charge in [0.1, 0.15) is 12.4 Å². The lowest BCUT2D eigenvalue weighted by Gasteiger charge is -2.31. The van der Waals surface area contributed by atoms with E-state index in [0.717, 1.165) is 17.1 Å². The summed E-state index contributed by atoms with van der Waals surface area (Å²) in [7, 11) is 0. The lowest BCUT2D eigenvalue weighted by atomic mass is 9.88. The second kappa shape index (κ2) is 19.5. The highest BCUT2D eigenvalue weighted by molar-refractivity contribution is 6.13. The number of esters is 1. The fourth-order valence-electron chi connectivity index (χ4n) is 5.18. The number of rotatable bonds is 20. The molecule has 1 fully saturated rings. The highest BCUT2D eigenvalue weighted by Crippen LogP contribution is 2.31. The molecular weight excluding hydrogens is 708 g/mol. The number of carboxylic acids is 1. The van der Waals surface area contributed by atoms with Gasteiger partial charge in [0.25, 0.3) is 11.8 Å². The molecule has 0 aliphatic carbocycles. The first-order valence-corrected chi connectivity index (χ1v) is 17.8. The maximum atomic E-state index is 13.0. The van der Waals surface area contributed by atoms with E-state index >= 15 is 0 Å². The molecule has 298 valence electrons. The molecular formula is C37H52N4O13. The van der Waals surface area contributed by atoms with Crippen LogP contribution in [-0.2, 0) is 54.4 Å². The first-order valence-electron chi connectivity index (χ1n) is 17.8. The summed E-state index contributed by atoms with van der Waals surface area (Å²) in [5, 5.41) is 27.8. The van der Waals surface area contributed by atoms with Crippen LogP contribution in [0, 0.1) is 11.3 Å². The van der Waals surface area contributed by atoms with Crippen LogP contribution >= 0.6 is 0 Å². The quantitative estimate of drug-likeness (QED) is 0.0943. The summed E-state index contributed by atoms with van der Waals surface area (Å²) in [5.74, 6) is -3.93. The van der Waals surface area contributed by atoms with E-state index in [2.05, 4.69) is 16.0 Å². The number of nitrogens with one attached hydrogen (secondary N) is 3. The van der Waals surface area contributed by atoms with Crippen LogP contribution in [0.1, 0.15) is 79.2 Å². The largest absolute Gasteiger partial charge is 0.479 e. The minimum atomic E-state index is -1.28. The van der Waals surface area contributed by atoms with Gasteiger partial charge in [-0.1, -0.05) is 33.8 Å². The highest BCUT2D eigenvalue weighted by atomic mass is 16.7. The number of aliphatic hydroxyl groups excluding tert-OH is 1. The molecule has 0 radical (unpaired) electrons. The molecule has 2 aliphatic heterocycles. The number of nitrogens with zero attached hydrogens (tertiary/aromatic N) is 1. The van der Waals surface area contributed by atoms with Crippen molar-refractivity contribution in [2.75, 3.05) is 31.6 Å². The van der Waals surface area contributed by atoms with Crippen molar-refractivity contribution in [1.29, 1.82) is 0 Å². The van der Waals surface area contributed by atoms with E-state index in [1.54, 1.807) is 53.7 Å². The highest BCUT2D eigenvalue weighted by Gasteiger charge is 2.35. The summed E-state index contributed by atoms with van der Waals surface area (Å²) < 4.78 is 22.6. The van der Waals surface area contributed by atoms with E-state index in [4.69, 9.17) is 18.9 Å². The van der Waals surface area contributed by atoms with Crippen molar-refractivity contribution >= 4 is 47.2 Å². The van der Waals surface area contributed by atoms with Gasteiger partial charge in [-0.25, -0.2) is 4.79 Å². The maximum absolute atomic E-state index is 13.0. The Kier molecular flexibility index (Phi) is 15.7. The van der Waals surface area contributed by atoms with Crippen LogP contribution in [-0.4, -0.2) is 107 Å². The number of aliphatic hydroxyl groups is 1. The van der Waals surface area contributed by atoms with Crippen molar-refractivity contribution in [1.82, 2.24) is 15.5 Å². The number of carbonyl (C=O) groups is 7. The second-order valence-electron chi connectivity index (χ2n) is 14.7. The van der Waals surface area contributed by atoms with E-state index < -0.39 is 59.2 Å². The Morgan fingerprint density at radius 1 is 0.981 bits per heavy atom. The van der Waals surface area contributed by atoms with Crippen molar-refractivity contribution in [2.45, 2.75) is 104 Å². The van der Waals surface area contributed by atoms with Gasteiger partial charge in [-0.2, -0.15) is 0 Å². The number of benzene rings is 1. The molecule has 2 aliphatic rings. The molecule has 0 bridgehead atoms. The lowest BCUT2D eigenvalue weighted by molar-refractivity contribution is -0.195. The molecule has 2 heterocycles. The van der Waals surface area contributed by atoms with Crippen LogP contribution in [0.5, 0.6) is 5.75 Å². The third kappa shape index (κ3) is 13.8. The zero-order chi connectivity index (χ0) is 40.2. The lowest BCUT2D eigenvalue weighted by Crippen LogP contribution is -2.43. The molecule has 3 atom stereocenters. The monoisotopic (exact) mass is 760 g/mol. The van der Waals surface area contributed by atoms with Gasteiger partial charge in [0.2, 0.25) is 24.0 Å². The van der Waals surface area contributed by atoms with Gasteiger partial charge < -0.3 is 45.1 Å². The van der Waals surface area contributed by atoms with Crippen molar-refractivity contribution in [3.05, 3.63) is 35.9 Å². The average Bonchev–Trinajstić information content (AvgIpc) is 3.41. The Morgan fingerprint density at radius 3 is 2.31 bits per heavy atom. The molecule has 1 aromatic carbocycles.